The lowest BCUT2D eigenvalue weighted by Gasteiger charge is -2.15. The summed E-state index contributed by atoms with van der Waals surface area (Å²) in [7, 11) is 0. The summed E-state index contributed by atoms with van der Waals surface area (Å²) >= 11 is 0. The van der Waals surface area contributed by atoms with E-state index in [4.69, 9.17) is 0 Å². The van der Waals surface area contributed by atoms with E-state index < -0.39 is 4.92 Å². The monoisotopic (exact) mass is 221 g/mol. The van der Waals surface area contributed by atoms with Gasteiger partial charge in [0.25, 0.3) is 5.69 Å². The van der Waals surface area contributed by atoms with E-state index >= 15 is 0 Å². The number of nitrogens with one attached hydrogen (secondary N) is 1. The van der Waals surface area contributed by atoms with Crippen LogP contribution in [0.3, 0.4) is 0 Å². The lowest BCUT2D eigenvalue weighted by Crippen LogP contribution is -2.20. The molecule has 1 aromatic rings. The minimum absolute atomic E-state index is 0.0758. The average molecular weight is 221 g/mol. The Kier molecular flexibility index (Phi) is 2.53. The molecule has 0 saturated heterocycles. The minimum atomic E-state index is -0.404. The number of rotatable bonds is 4. The molecule has 0 aliphatic heterocycles. The van der Waals surface area contributed by atoms with Crippen molar-refractivity contribution < 1.29 is 4.92 Å². The van der Waals surface area contributed by atoms with Gasteiger partial charge < -0.3 is 5.32 Å². The van der Waals surface area contributed by atoms with E-state index in [0.717, 1.165) is 25.1 Å². The van der Waals surface area contributed by atoms with E-state index in [-0.39, 0.29) is 11.2 Å². The Bertz CT molecular complexity index is 427. The van der Waals surface area contributed by atoms with Crippen molar-refractivity contribution >= 4 is 11.5 Å². The van der Waals surface area contributed by atoms with Crippen molar-refractivity contribution in [3.63, 3.8) is 0 Å². The van der Waals surface area contributed by atoms with E-state index in [1.54, 1.807) is 13.0 Å². The molecule has 2 rings (SSSR count). The molecule has 86 valence electrons. The van der Waals surface area contributed by atoms with Crippen LogP contribution in [0.5, 0.6) is 0 Å². The first-order chi connectivity index (χ1) is 7.56. The third-order valence-electron chi connectivity index (χ3n) is 3.18. The van der Waals surface area contributed by atoms with Crippen molar-refractivity contribution in [1.82, 2.24) is 4.98 Å². The van der Waals surface area contributed by atoms with Gasteiger partial charge in [0.2, 0.25) is 0 Å². The summed E-state index contributed by atoms with van der Waals surface area (Å²) in [5.74, 6) is 0.738. The smallest absolute Gasteiger partial charge is 0.290 e. The maximum Gasteiger partial charge on any atom is 0.290 e. The SMILES string of the molecule is CCC1(Nc2ccc([N+](=O)[O-])c(C)n2)CC1. The Balaban J connectivity index is 2.18. The molecule has 1 aliphatic carbocycles. The van der Waals surface area contributed by atoms with Gasteiger partial charge in [0.05, 0.1) is 4.92 Å². The van der Waals surface area contributed by atoms with Gasteiger partial charge in [0.1, 0.15) is 11.5 Å². The molecule has 0 radical (unpaired) electrons. The van der Waals surface area contributed by atoms with Gasteiger partial charge >= 0.3 is 0 Å². The second-order valence-electron chi connectivity index (χ2n) is 4.32. The van der Waals surface area contributed by atoms with Crippen LogP contribution >= 0.6 is 0 Å². The molecule has 1 aliphatic rings. The van der Waals surface area contributed by atoms with Crippen molar-refractivity contribution in [2.45, 2.75) is 38.6 Å². The van der Waals surface area contributed by atoms with E-state index in [1.807, 2.05) is 0 Å². The van der Waals surface area contributed by atoms with Gasteiger partial charge in [0.15, 0.2) is 0 Å². The van der Waals surface area contributed by atoms with Crippen LogP contribution in [-0.4, -0.2) is 15.4 Å². The molecule has 1 fully saturated rings. The molecule has 0 spiro atoms. The molecule has 0 bridgehead atoms. The number of nitro groups is 1. The standard InChI is InChI=1S/C11H15N3O2/c1-3-11(6-7-11)13-10-5-4-9(14(15)16)8(2)12-10/h4-5H,3,6-7H2,1-2H3,(H,12,13). The molecule has 16 heavy (non-hydrogen) atoms. The highest BCUT2D eigenvalue weighted by molar-refractivity contribution is 5.47. The molecular weight excluding hydrogens is 206 g/mol. The van der Waals surface area contributed by atoms with Gasteiger partial charge in [-0.3, -0.25) is 10.1 Å². The maximum absolute atomic E-state index is 10.6. The van der Waals surface area contributed by atoms with Crippen LogP contribution in [0, 0.1) is 17.0 Å². The lowest BCUT2D eigenvalue weighted by molar-refractivity contribution is -0.385. The van der Waals surface area contributed by atoms with Crippen molar-refractivity contribution in [3.8, 4) is 0 Å². The van der Waals surface area contributed by atoms with Gasteiger partial charge in [-0.25, -0.2) is 4.98 Å². The minimum Gasteiger partial charge on any atom is -0.365 e. The first kappa shape index (κ1) is 10.9. The highest BCUT2D eigenvalue weighted by Crippen LogP contribution is 2.41. The van der Waals surface area contributed by atoms with Crippen LogP contribution < -0.4 is 5.32 Å². The van der Waals surface area contributed by atoms with E-state index in [1.165, 1.54) is 6.07 Å². The van der Waals surface area contributed by atoms with Crippen molar-refractivity contribution in [2.24, 2.45) is 0 Å². The first-order valence-corrected chi connectivity index (χ1v) is 5.46. The summed E-state index contributed by atoms with van der Waals surface area (Å²) in [6.07, 6.45) is 3.37. The van der Waals surface area contributed by atoms with Crippen LogP contribution in [0.15, 0.2) is 12.1 Å². The third kappa shape index (κ3) is 1.98. The maximum atomic E-state index is 10.6. The molecule has 0 atom stereocenters. The van der Waals surface area contributed by atoms with Gasteiger partial charge in [-0.1, -0.05) is 6.92 Å². The molecule has 1 heterocycles. The van der Waals surface area contributed by atoms with Crippen LogP contribution in [0.25, 0.3) is 0 Å². The number of anilines is 1. The van der Waals surface area contributed by atoms with Crippen LogP contribution in [0.1, 0.15) is 31.9 Å². The Morgan fingerprint density at radius 1 is 1.56 bits per heavy atom. The summed E-state index contributed by atoms with van der Waals surface area (Å²) in [6.45, 7) is 3.80. The zero-order valence-corrected chi connectivity index (χ0v) is 9.49. The van der Waals surface area contributed by atoms with E-state index in [2.05, 4.69) is 17.2 Å². The van der Waals surface area contributed by atoms with E-state index in [9.17, 15) is 10.1 Å². The number of hydrogen-bond acceptors (Lipinski definition) is 4. The number of hydrogen-bond donors (Lipinski definition) is 1. The second-order valence-corrected chi connectivity index (χ2v) is 4.32. The highest BCUT2D eigenvalue weighted by Gasteiger charge is 2.40. The summed E-state index contributed by atoms with van der Waals surface area (Å²) in [4.78, 5) is 14.4. The van der Waals surface area contributed by atoms with Crippen molar-refractivity contribution in [1.29, 1.82) is 0 Å². The van der Waals surface area contributed by atoms with Crippen LogP contribution in [0.2, 0.25) is 0 Å². The van der Waals surface area contributed by atoms with E-state index in [0.29, 0.717) is 5.69 Å². The molecular formula is C11H15N3O2. The summed E-state index contributed by atoms with van der Waals surface area (Å²) in [6, 6.07) is 3.19. The lowest BCUT2D eigenvalue weighted by atomic mass is 10.2. The van der Waals surface area contributed by atoms with Gasteiger partial charge in [-0.05, 0) is 32.3 Å². The zero-order chi connectivity index (χ0) is 11.8. The normalized spacial score (nSPS) is 16.9. The molecule has 0 unspecified atom stereocenters. The Morgan fingerprint density at radius 2 is 2.25 bits per heavy atom. The van der Waals surface area contributed by atoms with Crippen LogP contribution in [0.4, 0.5) is 11.5 Å². The van der Waals surface area contributed by atoms with Crippen molar-refractivity contribution in [2.75, 3.05) is 5.32 Å². The summed E-state index contributed by atoms with van der Waals surface area (Å²) in [5.41, 5.74) is 0.726. The quantitative estimate of drug-likeness (QED) is 0.627. The predicted octanol–water partition coefficient (Wildman–Crippen LogP) is 2.65. The molecule has 1 saturated carbocycles. The summed E-state index contributed by atoms with van der Waals surface area (Å²) < 4.78 is 0. The number of nitrogens with zero attached hydrogens (tertiary/aromatic N) is 2. The van der Waals surface area contributed by atoms with Gasteiger partial charge in [-0.2, -0.15) is 0 Å². The van der Waals surface area contributed by atoms with Gasteiger partial charge in [-0.15, -0.1) is 0 Å². The zero-order valence-electron chi connectivity index (χ0n) is 9.49. The molecule has 0 amide bonds. The molecule has 5 nitrogen and oxygen atoms in total. The fourth-order valence-electron chi connectivity index (χ4n) is 1.81. The van der Waals surface area contributed by atoms with Crippen molar-refractivity contribution in [3.05, 3.63) is 27.9 Å². The molecule has 0 aromatic carbocycles. The Labute approximate surface area is 94.0 Å². The molecule has 1 N–H and O–H groups in total. The number of aryl methyl sites for hydroxylation is 1. The Hall–Kier alpha value is -1.65. The predicted molar refractivity (Wildman–Crippen MR) is 61.5 cm³/mol. The number of aromatic nitrogens is 1. The fraction of sp³-hybridized carbons (Fsp3) is 0.545. The largest absolute Gasteiger partial charge is 0.365 e. The van der Waals surface area contributed by atoms with Gasteiger partial charge in [0, 0.05) is 11.6 Å². The molecule has 1 aromatic heterocycles. The second kappa shape index (κ2) is 3.73. The Morgan fingerprint density at radius 3 is 2.69 bits per heavy atom. The topological polar surface area (TPSA) is 68.1 Å². The summed E-state index contributed by atoms with van der Waals surface area (Å²) in [5, 5.41) is 14.0. The highest BCUT2D eigenvalue weighted by atomic mass is 16.6. The van der Waals surface area contributed by atoms with Crippen LogP contribution in [-0.2, 0) is 0 Å². The average Bonchev–Trinajstić information content (AvgIpc) is 2.98. The first-order valence-electron chi connectivity index (χ1n) is 5.46. The number of pyridine rings is 1. The fourth-order valence-corrected chi connectivity index (χ4v) is 1.81. The third-order valence-corrected chi connectivity index (χ3v) is 3.18. The molecule has 5 heteroatoms.